The van der Waals surface area contributed by atoms with Gasteiger partial charge in [-0.05, 0) is 24.3 Å². The van der Waals surface area contributed by atoms with E-state index in [1.165, 1.54) is 12.1 Å². The highest BCUT2D eigenvalue weighted by molar-refractivity contribution is 7.80. The molecule has 108 valence electrons. The first kappa shape index (κ1) is 15.0. The highest BCUT2D eigenvalue weighted by atomic mass is 32.1. The quantitative estimate of drug-likeness (QED) is 0.677. The van der Waals surface area contributed by atoms with Gasteiger partial charge in [0.2, 0.25) is 0 Å². The summed E-state index contributed by atoms with van der Waals surface area (Å²) in [6.45, 7) is 0. The molecule has 0 spiro atoms. The molecule has 7 heteroatoms. The number of nitrogens with two attached hydrogens (primary N) is 1. The lowest BCUT2D eigenvalue weighted by atomic mass is 10.1. The average Bonchev–Trinajstić information content (AvgIpc) is 2.48. The van der Waals surface area contributed by atoms with Gasteiger partial charge >= 0.3 is 0 Å². The van der Waals surface area contributed by atoms with Crippen LogP contribution in [-0.4, -0.2) is 10.9 Å². The normalized spacial score (nSPS) is 10.2. The molecule has 3 N–H and O–H groups in total. The van der Waals surface area contributed by atoms with Gasteiger partial charge in [0, 0.05) is 11.1 Å². The third-order valence-corrected chi connectivity index (χ3v) is 2.93. The van der Waals surface area contributed by atoms with Crippen molar-refractivity contribution in [3.8, 4) is 0 Å². The zero-order chi connectivity index (χ0) is 15.6. The first-order chi connectivity index (χ1) is 9.90. The lowest BCUT2D eigenvalue weighted by Crippen LogP contribution is -2.16. The topological polar surface area (TPSA) is 55.1 Å². The Morgan fingerprint density at radius 3 is 2.38 bits per heavy atom. The molecule has 21 heavy (non-hydrogen) atoms. The number of rotatable bonds is 3. The van der Waals surface area contributed by atoms with Gasteiger partial charge in [-0.1, -0.05) is 24.4 Å². The largest absolute Gasteiger partial charge is 0.389 e. The van der Waals surface area contributed by atoms with Gasteiger partial charge < -0.3 is 11.1 Å². The van der Waals surface area contributed by atoms with Gasteiger partial charge in [-0.2, -0.15) is 0 Å². The molecule has 0 saturated heterocycles. The van der Waals surface area contributed by atoms with E-state index in [9.17, 15) is 18.0 Å². The highest BCUT2D eigenvalue weighted by Crippen LogP contribution is 2.20. The fourth-order valence-corrected chi connectivity index (χ4v) is 1.76. The number of carbonyl (C=O) groups excluding carboxylic acids is 1. The van der Waals surface area contributed by atoms with E-state index >= 15 is 0 Å². The van der Waals surface area contributed by atoms with Crippen LogP contribution in [0.15, 0.2) is 36.4 Å². The summed E-state index contributed by atoms with van der Waals surface area (Å²) in [6.07, 6.45) is 0. The summed E-state index contributed by atoms with van der Waals surface area (Å²) in [5, 5.41) is 2.16. The number of carbonyl (C=O) groups is 1. The maximum Gasteiger partial charge on any atom is 0.255 e. The second kappa shape index (κ2) is 5.92. The van der Waals surface area contributed by atoms with Crippen LogP contribution in [0.25, 0.3) is 0 Å². The van der Waals surface area contributed by atoms with Crippen LogP contribution in [-0.2, 0) is 0 Å². The number of anilines is 1. The van der Waals surface area contributed by atoms with Gasteiger partial charge in [0.1, 0.15) is 4.99 Å². The number of amides is 1. The molecule has 0 radical (unpaired) electrons. The van der Waals surface area contributed by atoms with Crippen LogP contribution in [0.4, 0.5) is 18.9 Å². The predicted octanol–water partition coefficient (Wildman–Crippen LogP) is 2.99. The van der Waals surface area contributed by atoms with Gasteiger partial charge in [-0.15, -0.1) is 0 Å². The van der Waals surface area contributed by atoms with E-state index in [2.05, 4.69) is 5.32 Å². The van der Waals surface area contributed by atoms with Crippen molar-refractivity contribution >= 4 is 28.8 Å². The van der Waals surface area contributed by atoms with Gasteiger partial charge in [0.25, 0.3) is 5.91 Å². The van der Waals surface area contributed by atoms with Gasteiger partial charge in [-0.25, -0.2) is 13.2 Å². The summed E-state index contributed by atoms with van der Waals surface area (Å²) in [5.74, 6) is -5.14. The Morgan fingerprint density at radius 1 is 1.05 bits per heavy atom. The minimum Gasteiger partial charge on any atom is -0.389 e. The molecule has 2 rings (SSSR count). The highest BCUT2D eigenvalue weighted by Gasteiger charge is 2.16. The molecule has 0 aliphatic carbocycles. The Kier molecular flexibility index (Phi) is 4.23. The molecule has 0 bridgehead atoms. The summed E-state index contributed by atoms with van der Waals surface area (Å²) in [6, 6.07) is 7.68. The molecule has 2 aromatic carbocycles. The Bertz CT molecular complexity index is 734. The summed E-state index contributed by atoms with van der Waals surface area (Å²) in [5.41, 5.74) is 5.60. The van der Waals surface area contributed by atoms with Crippen LogP contribution in [0, 0.1) is 17.5 Å². The van der Waals surface area contributed by atoms with E-state index in [0.29, 0.717) is 5.56 Å². The fourth-order valence-electron chi connectivity index (χ4n) is 1.63. The molecular weight excluding hydrogens is 301 g/mol. The van der Waals surface area contributed by atoms with E-state index in [0.717, 1.165) is 12.1 Å². The van der Waals surface area contributed by atoms with Crippen LogP contribution in [0.1, 0.15) is 15.9 Å². The van der Waals surface area contributed by atoms with Crippen LogP contribution >= 0.6 is 12.2 Å². The monoisotopic (exact) mass is 310 g/mol. The Labute approximate surface area is 123 Å². The van der Waals surface area contributed by atoms with Crippen molar-refractivity contribution in [2.24, 2.45) is 5.73 Å². The number of benzene rings is 2. The summed E-state index contributed by atoms with van der Waals surface area (Å²) in [7, 11) is 0. The molecule has 0 fully saturated rings. The first-order valence-electron chi connectivity index (χ1n) is 5.75. The number of halogens is 3. The lowest BCUT2D eigenvalue weighted by molar-refractivity contribution is 0.102. The van der Waals surface area contributed by atoms with Crippen molar-refractivity contribution in [1.29, 1.82) is 0 Å². The molecule has 0 aliphatic rings. The predicted molar refractivity (Wildman–Crippen MR) is 76.6 cm³/mol. The molecular formula is C14H9F3N2OS. The van der Waals surface area contributed by atoms with Gasteiger partial charge in [0.05, 0.1) is 5.69 Å². The molecule has 2 aromatic rings. The molecule has 3 nitrogen and oxygen atoms in total. The minimum atomic E-state index is -1.65. The molecule has 0 aromatic heterocycles. The zero-order valence-corrected chi connectivity index (χ0v) is 11.3. The number of hydrogen-bond acceptors (Lipinski definition) is 2. The van der Waals surface area contributed by atoms with Crippen LogP contribution < -0.4 is 11.1 Å². The first-order valence-corrected chi connectivity index (χ1v) is 6.15. The molecule has 0 unspecified atom stereocenters. The Morgan fingerprint density at radius 2 is 1.71 bits per heavy atom. The van der Waals surface area contributed by atoms with E-state index < -0.39 is 29.0 Å². The standard InChI is InChI=1S/C14H9F3N2OS/c15-9-4-5-10(12(17)11(9)16)19-14(20)8-3-1-2-7(6-8)13(18)21/h1-6H,(H2,18,21)(H,19,20). The van der Waals surface area contributed by atoms with Gasteiger partial charge in [0.15, 0.2) is 17.5 Å². The molecule has 0 atom stereocenters. The number of nitrogens with one attached hydrogen (secondary N) is 1. The summed E-state index contributed by atoms with van der Waals surface area (Å²) < 4.78 is 39.4. The Balaban J connectivity index is 2.28. The molecule has 1 amide bonds. The van der Waals surface area contributed by atoms with Crippen LogP contribution in [0.2, 0.25) is 0 Å². The van der Waals surface area contributed by atoms with Crippen molar-refractivity contribution in [2.45, 2.75) is 0 Å². The number of thiocarbonyl (C=S) groups is 1. The summed E-state index contributed by atoms with van der Waals surface area (Å²) >= 11 is 4.78. The summed E-state index contributed by atoms with van der Waals surface area (Å²) in [4.78, 5) is 12.1. The van der Waals surface area contributed by atoms with Gasteiger partial charge in [-0.3, -0.25) is 4.79 Å². The SMILES string of the molecule is NC(=S)c1cccc(C(=O)Nc2ccc(F)c(F)c2F)c1. The zero-order valence-electron chi connectivity index (χ0n) is 10.5. The second-order valence-corrected chi connectivity index (χ2v) is 4.56. The van der Waals surface area contributed by atoms with Crippen molar-refractivity contribution in [3.63, 3.8) is 0 Å². The molecule has 0 saturated carbocycles. The average molecular weight is 310 g/mol. The lowest BCUT2D eigenvalue weighted by Gasteiger charge is -2.08. The van der Waals surface area contributed by atoms with Crippen molar-refractivity contribution in [3.05, 3.63) is 65.0 Å². The van der Waals surface area contributed by atoms with E-state index in [-0.39, 0.29) is 10.6 Å². The fraction of sp³-hybridized carbons (Fsp3) is 0. The van der Waals surface area contributed by atoms with E-state index in [1.807, 2.05) is 0 Å². The maximum atomic E-state index is 13.5. The van der Waals surface area contributed by atoms with Crippen molar-refractivity contribution in [2.75, 3.05) is 5.32 Å². The van der Waals surface area contributed by atoms with E-state index in [1.54, 1.807) is 12.1 Å². The van der Waals surface area contributed by atoms with Crippen molar-refractivity contribution < 1.29 is 18.0 Å². The maximum absolute atomic E-state index is 13.5. The van der Waals surface area contributed by atoms with Crippen LogP contribution in [0.3, 0.4) is 0 Å². The third-order valence-electron chi connectivity index (χ3n) is 2.69. The van der Waals surface area contributed by atoms with Crippen LogP contribution in [0.5, 0.6) is 0 Å². The Hall–Kier alpha value is -2.41. The molecule has 0 aliphatic heterocycles. The third kappa shape index (κ3) is 3.19. The number of hydrogen-bond donors (Lipinski definition) is 2. The smallest absolute Gasteiger partial charge is 0.255 e. The van der Waals surface area contributed by atoms with Crippen molar-refractivity contribution in [1.82, 2.24) is 0 Å². The molecule has 0 heterocycles. The van der Waals surface area contributed by atoms with E-state index in [4.69, 9.17) is 18.0 Å². The second-order valence-electron chi connectivity index (χ2n) is 4.12. The minimum absolute atomic E-state index is 0.101.